The summed E-state index contributed by atoms with van der Waals surface area (Å²) in [5.74, 6) is 0. The van der Waals surface area contributed by atoms with E-state index in [1.165, 1.54) is 6.20 Å². The monoisotopic (exact) mass is 182 g/mol. The first-order valence-corrected chi connectivity index (χ1v) is 3.35. The average molecular weight is 183 g/mol. The molecule has 12 heavy (non-hydrogen) atoms. The van der Waals surface area contributed by atoms with E-state index in [1.54, 1.807) is 6.07 Å². The van der Waals surface area contributed by atoms with Gasteiger partial charge in [-0.25, -0.2) is 0 Å². The van der Waals surface area contributed by atoms with Gasteiger partial charge in [-0.05, 0) is 17.7 Å². The molecule has 0 fully saturated rings. The summed E-state index contributed by atoms with van der Waals surface area (Å²) in [5.41, 5.74) is -0.548. The molecule has 0 bridgehead atoms. The minimum Gasteiger partial charge on any atom is -0.327 e. The Morgan fingerprint density at radius 2 is 2.33 bits per heavy atom. The number of rotatable bonds is 1. The van der Waals surface area contributed by atoms with Crippen LogP contribution >= 0.6 is 11.6 Å². The fourth-order valence-corrected chi connectivity index (χ4v) is 0.789. The number of hydrogen-bond acceptors (Lipinski definition) is 3. The number of nitrogens with zero attached hydrogens (tertiary/aromatic N) is 1. The van der Waals surface area contributed by atoms with Crippen molar-refractivity contribution >= 4 is 16.8 Å². The zero-order valence-corrected chi connectivity index (χ0v) is 6.55. The molecule has 60 valence electrons. The lowest BCUT2D eigenvalue weighted by Crippen LogP contribution is -2.10. The Morgan fingerprint density at radius 3 is 2.83 bits per heavy atom. The molecule has 0 atom stereocenters. The third-order valence-corrected chi connectivity index (χ3v) is 1.47. The summed E-state index contributed by atoms with van der Waals surface area (Å²) in [6.07, 6.45) is 1.17. The smallest absolute Gasteiger partial charge is 0.265 e. The molecule has 5 heteroatoms. The van der Waals surface area contributed by atoms with E-state index in [2.05, 4.69) is 4.98 Å². The molecule has 0 radical (unpaired) electrons. The first-order chi connectivity index (χ1) is 5.65. The van der Waals surface area contributed by atoms with Crippen molar-refractivity contribution in [3.63, 3.8) is 0 Å². The van der Waals surface area contributed by atoms with Gasteiger partial charge in [-0.15, -0.1) is 0 Å². The molecular formula is C7H3ClN2O2. The van der Waals surface area contributed by atoms with Gasteiger partial charge in [0, 0.05) is 6.20 Å². The molecule has 1 aromatic heterocycles. The molecular weight excluding hydrogens is 180 g/mol. The molecule has 0 aromatic carbocycles. The zero-order valence-electron chi connectivity index (χ0n) is 5.80. The van der Waals surface area contributed by atoms with Crippen molar-refractivity contribution in [2.45, 2.75) is 0 Å². The Morgan fingerprint density at radius 1 is 1.67 bits per heavy atom. The first-order valence-electron chi connectivity index (χ1n) is 2.98. The fourth-order valence-electron chi connectivity index (χ4n) is 0.680. The third kappa shape index (κ3) is 1.52. The fraction of sp³-hybridized carbons (Fsp3) is 0. The minimum atomic E-state index is -0.706. The van der Waals surface area contributed by atoms with Gasteiger partial charge < -0.3 is 4.98 Å². The molecule has 0 aliphatic carbocycles. The van der Waals surface area contributed by atoms with Crippen LogP contribution in [0.5, 0.6) is 0 Å². The van der Waals surface area contributed by atoms with E-state index >= 15 is 0 Å². The van der Waals surface area contributed by atoms with E-state index in [9.17, 15) is 9.59 Å². The highest BCUT2D eigenvalue weighted by Gasteiger charge is 2.04. The van der Waals surface area contributed by atoms with E-state index in [0.29, 0.717) is 0 Å². The maximum Gasteiger partial charge on any atom is 0.265 e. The predicted molar refractivity (Wildman–Crippen MR) is 42.0 cm³/mol. The van der Waals surface area contributed by atoms with Gasteiger partial charge in [-0.3, -0.25) is 9.59 Å². The summed E-state index contributed by atoms with van der Waals surface area (Å²) < 4.78 is 0. The number of aromatic amines is 1. The number of halogens is 1. The van der Waals surface area contributed by atoms with Crippen LogP contribution in [0.15, 0.2) is 17.1 Å². The number of carbonyl (C=O) groups excluding carboxylic acids is 1. The maximum absolute atomic E-state index is 10.8. The van der Waals surface area contributed by atoms with E-state index in [0.717, 1.165) is 6.07 Å². The Labute approximate surface area is 72.4 Å². The van der Waals surface area contributed by atoms with Crippen LogP contribution in [0.4, 0.5) is 0 Å². The Balaban J connectivity index is 3.35. The third-order valence-electron chi connectivity index (χ3n) is 1.25. The molecule has 1 N–H and O–H groups in total. The van der Waals surface area contributed by atoms with Crippen molar-refractivity contribution in [2.24, 2.45) is 0 Å². The molecule has 0 aliphatic heterocycles. The van der Waals surface area contributed by atoms with Crippen LogP contribution in [-0.4, -0.2) is 10.2 Å². The van der Waals surface area contributed by atoms with E-state index < -0.39 is 10.8 Å². The van der Waals surface area contributed by atoms with Gasteiger partial charge >= 0.3 is 0 Å². The number of hydrogen-bond donors (Lipinski definition) is 1. The number of carbonyl (C=O) groups is 1. The van der Waals surface area contributed by atoms with Crippen molar-refractivity contribution in [2.75, 3.05) is 0 Å². The van der Waals surface area contributed by atoms with Crippen molar-refractivity contribution in [1.82, 2.24) is 4.98 Å². The number of H-pyrrole nitrogens is 1. The number of nitrogens with one attached hydrogen (secondary N) is 1. The van der Waals surface area contributed by atoms with Gasteiger partial charge in [0.25, 0.3) is 10.8 Å². The quantitative estimate of drug-likeness (QED) is 0.648. The summed E-state index contributed by atoms with van der Waals surface area (Å²) in [7, 11) is 0. The second kappa shape index (κ2) is 3.20. The normalized spacial score (nSPS) is 9.00. The highest BCUT2D eigenvalue weighted by molar-refractivity contribution is 6.67. The standard InChI is InChI=1S/C7H3ClN2O2/c8-6(11)5-1-4(2-9)7(12)10-3-5/h1,3H,(H,10,12). The van der Waals surface area contributed by atoms with E-state index in [-0.39, 0.29) is 11.1 Å². The van der Waals surface area contributed by atoms with Crippen molar-refractivity contribution in [3.05, 3.63) is 33.7 Å². The molecule has 0 amide bonds. The van der Waals surface area contributed by atoms with Crippen LogP contribution in [0, 0.1) is 11.3 Å². The molecule has 1 aromatic rings. The summed E-state index contributed by atoms with van der Waals surface area (Å²) in [5, 5.41) is 7.69. The molecule has 1 rings (SSSR count). The van der Waals surface area contributed by atoms with Crippen LogP contribution in [0.1, 0.15) is 15.9 Å². The minimum absolute atomic E-state index is 0.104. The van der Waals surface area contributed by atoms with Crippen LogP contribution in [-0.2, 0) is 0 Å². The molecule has 0 unspecified atom stereocenters. The van der Waals surface area contributed by atoms with Crippen molar-refractivity contribution in [1.29, 1.82) is 5.26 Å². The highest BCUT2D eigenvalue weighted by Crippen LogP contribution is 2.01. The number of pyridine rings is 1. The molecule has 4 nitrogen and oxygen atoms in total. The largest absolute Gasteiger partial charge is 0.327 e. The van der Waals surface area contributed by atoms with Gasteiger partial charge in [0.05, 0.1) is 5.56 Å². The molecule has 0 aliphatic rings. The topological polar surface area (TPSA) is 73.7 Å². The Bertz CT molecular complexity index is 416. The summed E-state index contributed by atoms with van der Waals surface area (Å²) in [6, 6.07) is 2.78. The second-order valence-electron chi connectivity index (χ2n) is 2.02. The summed E-state index contributed by atoms with van der Waals surface area (Å²) in [4.78, 5) is 23.6. The van der Waals surface area contributed by atoms with Gasteiger partial charge in [0.2, 0.25) is 0 Å². The number of aromatic nitrogens is 1. The van der Waals surface area contributed by atoms with Crippen molar-refractivity contribution in [3.8, 4) is 6.07 Å². The SMILES string of the molecule is N#Cc1cc(C(=O)Cl)c[nH]c1=O. The van der Waals surface area contributed by atoms with Crippen LogP contribution in [0.2, 0.25) is 0 Å². The van der Waals surface area contributed by atoms with Gasteiger partial charge in [0.15, 0.2) is 0 Å². The van der Waals surface area contributed by atoms with E-state index in [4.69, 9.17) is 16.9 Å². The predicted octanol–water partition coefficient (Wildman–Crippen LogP) is 0.626. The summed E-state index contributed by atoms with van der Waals surface area (Å²) >= 11 is 5.11. The summed E-state index contributed by atoms with van der Waals surface area (Å²) in [6.45, 7) is 0. The lowest BCUT2D eigenvalue weighted by molar-refractivity contribution is 0.108. The maximum atomic E-state index is 10.8. The highest BCUT2D eigenvalue weighted by atomic mass is 35.5. The lowest BCUT2D eigenvalue weighted by Gasteiger charge is -1.91. The average Bonchev–Trinajstić information content (AvgIpc) is 2.05. The second-order valence-corrected chi connectivity index (χ2v) is 2.36. The number of nitriles is 1. The van der Waals surface area contributed by atoms with Gasteiger partial charge in [0.1, 0.15) is 11.6 Å². The molecule has 0 saturated heterocycles. The zero-order chi connectivity index (χ0) is 9.14. The first kappa shape index (κ1) is 8.50. The molecule has 0 saturated carbocycles. The van der Waals surface area contributed by atoms with Crippen LogP contribution < -0.4 is 5.56 Å². The molecule has 1 heterocycles. The van der Waals surface area contributed by atoms with E-state index in [1.807, 2.05) is 0 Å². The Hall–Kier alpha value is -1.60. The Kier molecular flexibility index (Phi) is 2.26. The van der Waals surface area contributed by atoms with Gasteiger partial charge in [-0.2, -0.15) is 5.26 Å². The van der Waals surface area contributed by atoms with Crippen molar-refractivity contribution < 1.29 is 4.79 Å². The van der Waals surface area contributed by atoms with Gasteiger partial charge in [-0.1, -0.05) is 0 Å². The van der Waals surface area contributed by atoms with Crippen LogP contribution in [0.3, 0.4) is 0 Å². The van der Waals surface area contributed by atoms with Crippen LogP contribution in [0.25, 0.3) is 0 Å². The lowest BCUT2D eigenvalue weighted by atomic mass is 10.2. The molecule has 0 spiro atoms.